The van der Waals surface area contributed by atoms with Gasteiger partial charge in [0.05, 0.1) is 23.2 Å². The summed E-state index contributed by atoms with van der Waals surface area (Å²) in [4.78, 5) is 25.4. The number of benzene rings is 1. The van der Waals surface area contributed by atoms with Crippen molar-refractivity contribution in [1.29, 1.82) is 0 Å². The van der Waals surface area contributed by atoms with Crippen molar-refractivity contribution in [3.8, 4) is 0 Å². The molecule has 5 heterocycles. The Kier molecular flexibility index (Phi) is 9.23. The highest BCUT2D eigenvalue weighted by Gasteiger charge is 2.26. The van der Waals surface area contributed by atoms with Gasteiger partial charge in [-0.1, -0.05) is 6.58 Å². The van der Waals surface area contributed by atoms with Crippen molar-refractivity contribution in [2.45, 2.75) is 64.4 Å². The van der Waals surface area contributed by atoms with Crippen LogP contribution in [0.4, 0.5) is 21.7 Å². The normalized spacial score (nSPS) is 19.4. The summed E-state index contributed by atoms with van der Waals surface area (Å²) in [5, 5.41) is 6.48. The zero-order valence-corrected chi connectivity index (χ0v) is 28.1. The van der Waals surface area contributed by atoms with Crippen LogP contribution in [0.5, 0.6) is 0 Å². The molecular weight excluding hydrogens is 621 g/mol. The maximum absolute atomic E-state index is 15.4. The molecule has 2 aliphatic heterocycles. The number of nitrogens with zero attached hydrogens (tertiary/aromatic N) is 5. The van der Waals surface area contributed by atoms with Crippen LogP contribution in [0.1, 0.15) is 51.8 Å². The van der Waals surface area contributed by atoms with Gasteiger partial charge in [-0.3, -0.25) is 9.36 Å². The number of rotatable bonds is 9. The van der Waals surface area contributed by atoms with Crippen LogP contribution in [-0.2, 0) is 21.3 Å². The van der Waals surface area contributed by atoms with Crippen LogP contribution in [0, 0.1) is 11.7 Å². The quantitative estimate of drug-likeness (QED) is 0.262. The van der Waals surface area contributed by atoms with E-state index < -0.39 is 15.3 Å². The number of piperazine rings is 1. The van der Waals surface area contributed by atoms with Crippen molar-refractivity contribution < 1.29 is 17.5 Å². The lowest BCUT2D eigenvalue weighted by Gasteiger charge is -2.37. The van der Waals surface area contributed by atoms with Crippen molar-refractivity contribution >= 4 is 44.0 Å². The van der Waals surface area contributed by atoms with E-state index in [1.54, 1.807) is 50.4 Å². The molecule has 0 bridgehead atoms. The fourth-order valence-electron chi connectivity index (χ4n) is 6.52. The molecule has 11 nitrogen and oxygen atoms in total. The molecule has 2 fully saturated rings. The van der Waals surface area contributed by atoms with Crippen molar-refractivity contribution in [3.63, 3.8) is 0 Å². The van der Waals surface area contributed by atoms with Crippen LogP contribution in [-0.4, -0.2) is 70.6 Å². The summed E-state index contributed by atoms with van der Waals surface area (Å²) in [6, 6.07) is 10.5. The van der Waals surface area contributed by atoms with Gasteiger partial charge in [0, 0.05) is 67.4 Å². The maximum Gasteiger partial charge on any atom is 0.260 e. The van der Waals surface area contributed by atoms with Crippen molar-refractivity contribution in [1.82, 2.24) is 23.8 Å². The third-order valence-corrected chi connectivity index (χ3v) is 11.1. The van der Waals surface area contributed by atoms with E-state index >= 15 is 4.39 Å². The number of allylic oxidation sites excluding steroid dienone is 1. The van der Waals surface area contributed by atoms with Gasteiger partial charge in [0.15, 0.2) is 0 Å². The van der Waals surface area contributed by atoms with E-state index in [0.717, 1.165) is 12.8 Å². The summed E-state index contributed by atoms with van der Waals surface area (Å²) in [6.07, 6.45) is 4.62. The predicted molar refractivity (Wildman–Crippen MR) is 183 cm³/mol. The van der Waals surface area contributed by atoms with E-state index in [4.69, 9.17) is 9.72 Å². The lowest BCUT2D eigenvalue weighted by atomic mass is 9.88. The summed E-state index contributed by atoms with van der Waals surface area (Å²) in [5.41, 5.74) is 2.53. The molecule has 0 saturated carbocycles. The van der Waals surface area contributed by atoms with E-state index in [1.165, 1.54) is 20.8 Å². The molecule has 1 aromatic carbocycles. The Morgan fingerprint density at radius 2 is 1.87 bits per heavy atom. The van der Waals surface area contributed by atoms with Crippen LogP contribution in [0.3, 0.4) is 0 Å². The largest absolute Gasteiger partial charge is 0.381 e. The van der Waals surface area contributed by atoms with Gasteiger partial charge in [0.2, 0.25) is 16.0 Å². The Morgan fingerprint density at radius 1 is 1.15 bits per heavy atom. The van der Waals surface area contributed by atoms with Crippen LogP contribution in [0.2, 0.25) is 0 Å². The summed E-state index contributed by atoms with van der Waals surface area (Å²) >= 11 is 0. The average Bonchev–Trinajstić information content (AvgIpc) is 3.51. The van der Waals surface area contributed by atoms with Gasteiger partial charge >= 0.3 is 0 Å². The molecule has 3 aromatic heterocycles. The smallest absolute Gasteiger partial charge is 0.260 e. The molecule has 0 radical (unpaired) electrons. The topological polar surface area (TPSA) is 123 Å². The number of nitrogens with one attached hydrogen (secondary N) is 2. The molecule has 0 spiro atoms. The third-order valence-electron chi connectivity index (χ3n) is 8.97. The highest BCUT2D eigenvalue weighted by molar-refractivity contribution is 7.90. The van der Waals surface area contributed by atoms with Crippen molar-refractivity contribution in [2.24, 2.45) is 5.92 Å². The number of hydrogen-bond acceptors (Lipinski definition) is 9. The summed E-state index contributed by atoms with van der Waals surface area (Å²) in [6.45, 7) is 14.2. The van der Waals surface area contributed by atoms with E-state index in [1.807, 2.05) is 4.90 Å². The second-order valence-electron chi connectivity index (χ2n) is 12.9. The fourth-order valence-corrected chi connectivity index (χ4v) is 7.66. The molecule has 250 valence electrons. The first-order chi connectivity index (χ1) is 22.4. The minimum Gasteiger partial charge on any atom is -0.381 e. The van der Waals surface area contributed by atoms with Crippen LogP contribution < -0.4 is 21.1 Å². The number of ether oxygens (including phenoxy) is 1. The van der Waals surface area contributed by atoms with Gasteiger partial charge in [-0.15, -0.1) is 0 Å². The Labute approximate surface area is 274 Å². The molecule has 0 unspecified atom stereocenters. The Bertz CT molecular complexity index is 1960. The Hall–Kier alpha value is -4.07. The van der Waals surface area contributed by atoms with E-state index in [2.05, 4.69) is 36.0 Å². The van der Waals surface area contributed by atoms with Crippen LogP contribution in [0.15, 0.2) is 60.2 Å². The molecule has 4 aromatic rings. The van der Waals surface area contributed by atoms with Gasteiger partial charge in [0.1, 0.15) is 11.5 Å². The molecule has 6 rings (SSSR count). The summed E-state index contributed by atoms with van der Waals surface area (Å²) < 4.78 is 49.9. The molecular formula is C34H42FN7O4S. The highest BCUT2D eigenvalue weighted by Crippen LogP contribution is 2.30. The number of hydrogen-bond donors (Lipinski definition) is 2. The first-order valence-electron chi connectivity index (χ1n) is 16.1. The SMILES string of the molecule is C=C(c1cc2cnc(Nc3ccc(N4C[C@@H](C)N[C@@H](C)C4)c(F)c3)nc2n(Cc2cccn2S(=O)(=O)C(C)C)c1=O)C1CCOCC1. The minimum atomic E-state index is -3.68. The average molecular weight is 664 g/mol. The Balaban J connectivity index is 1.38. The molecule has 2 N–H and O–H groups in total. The Morgan fingerprint density at radius 3 is 2.55 bits per heavy atom. The van der Waals surface area contributed by atoms with Gasteiger partial charge in [-0.25, -0.2) is 21.8 Å². The molecule has 13 heteroatoms. The molecule has 2 atom stereocenters. The van der Waals surface area contributed by atoms with Crippen molar-refractivity contribution in [2.75, 3.05) is 36.5 Å². The number of pyridine rings is 1. The fraction of sp³-hybridized carbons (Fsp3) is 0.441. The van der Waals surface area contributed by atoms with Crippen LogP contribution >= 0.6 is 0 Å². The minimum absolute atomic E-state index is 0.0511. The second-order valence-corrected chi connectivity index (χ2v) is 15.3. The first kappa shape index (κ1) is 32.9. The van der Waals surface area contributed by atoms with E-state index in [0.29, 0.717) is 65.5 Å². The molecule has 47 heavy (non-hydrogen) atoms. The van der Waals surface area contributed by atoms with Gasteiger partial charge < -0.3 is 20.3 Å². The molecule has 2 aliphatic rings. The second kappa shape index (κ2) is 13.2. The predicted octanol–water partition coefficient (Wildman–Crippen LogP) is 4.74. The molecule has 0 aliphatic carbocycles. The number of halogens is 1. The lowest BCUT2D eigenvalue weighted by molar-refractivity contribution is 0.0808. The zero-order valence-electron chi connectivity index (χ0n) is 27.2. The number of aromatic nitrogens is 4. The summed E-state index contributed by atoms with van der Waals surface area (Å²) in [5.74, 6) is -0.110. The number of fused-ring (bicyclic) bond motifs is 1. The third kappa shape index (κ3) is 6.69. The van der Waals surface area contributed by atoms with E-state index in [9.17, 15) is 13.2 Å². The molecule has 2 saturated heterocycles. The number of anilines is 3. The summed E-state index contributed by atoms with van der Waals surface area (Å²) in [7, 11) is -3.68. The van der Waals surface area contributed by atoms with E-state index in [-0.39, 0.29) is 41.9 Å². The highest BCUT2D eigenvalue weighted by atomic mass is 32.2. The first-order valence-corrected chi connectivity index (χ1v) is 17.6. The zero-order chi connectivity index (χ0) is 33.5. The standard InChI is InChI=1S/C34H42FN7O4S/c1-21(2)47(44,45)42-12-6-7-28(42)20-41-32-26(15-29(33(41)43)24(5)25-10-13-46-14-11-25)17-36-34(39-32)38-27-8-9-31(30(35)16-27)40-18-22(3)37-23(4)19-40/h6-9,12,15-17,21-23,25,37H,5,10-11,13-14,18-20H2,1-4H3,(H,36,38,39)/t22-,23+. The lowest BCUT2D eigenvalue weighted by Crippen LogP contribution is -2.54. The maximum atomic E-state index is 15.4. The van der Waals surface area contributed by atoms with Gasteiger partial charge in [0.25, 0.3) is 5.56 Å². The van der Waals surface area contributed by atoms with Gasteiger partial charge in [-0.05, 0) is 88.4 Å². The molecule has 0 amide bonds. The van der Waals surface area contributed by atoms with Crippen molar-refractivity contribution in [3.05, 3.63) is 82.8 Å². The monoisotopic (exact) mass is 663 g/mol. The van der Waals surface area contributed by atoms with Crippen LogP contribution in [0.25, 0.3) is 16.6 Å². The van der Waals surface area contributed by atoms with Gasteiger partial charge in [-0.2, -0.15) is 4.98 Å².